The van der Waals surface area contributed by atoms with Gasteiger partial charge in [0.15, 0.2) is 0 Å². The molecule has 3 radical (unpaired) electrons. The topological polar surface area (TPSA) is 77.1 Å². The summed E-state index contributed by atoms with van der Waals surface area (Å²) in [5.74, 6) is 1.06. The fourth-order valence-corrected chi connectivity index (χ4v) is 1.59. The minimum absolute atomic E-state index is 0.0694. The van der Waals surface area contributed by atoms with Gasteiger partial charge >= 0.3 is 50.3 Å². The van der Waals surface area contributed by atoms with E-state index in [1.807, 2.05) is 12.1 Å². The van der Waals surface area contributed by atoms with Crippen LogP contribution < -0.4 is 0 Å². The monoisotopic (exact) mass is 304 g/mol. The maximum atomic E-state index is 8.48. The van der Waals surface area contributed by atoms with E-state index >= 15 is 0 Å². The zero-order chi connectivity index (χ0) is 12.9. The van der Waals surface area contributed by atoms with Crippen LogP contribution in [0.5, 0.6) is 0 Å². The van der Waals surface area contributed by atoms with Crippen molar-refractivity contribution in [1.29, 1.82) is 0 Å². The molecular formula is C11H20GeNO4. The molecule has 0 atom stereocenters. The van der Waals surface area contributed by atoms with Crippen LogP contribution in [0.25, 0.3) is 0 Å². The molecule has 0 amide bonds. The molecule has 0 bridgehead atoms. The number of aliphatic hydroxyl groups excluding tert-OH is 3. The molecule has 0 saturated heterocycles. The van der Waals surface area contributed by atoms with Gasteiger partial charge in [-0.1, -0.05) is 0 Å². The van der Waals surface area contributed by atoms with Crippen molar-refractivity contribution < 1.29 is 19.7 Å². The summed E-state index contributed by atoms with van der Waals surface area (Å²) in [5.41, 5.74) is 0. The second kappa shape index (κ2) is 12.1. The molecule has 1 rings (SSSR count). The molecule has 6 heteroatoms. The Morgan fingerprint density at radius 1 is 1.06 bits per heavy atom. The van der Waals surface area contributed by atoms with Crippen molar-refractivity contribution in [2.75, 3.05) is 39.5 Å². The van der Waals surface area contributed by atoms with Gasteiger partial charge in [-0.3, -0.25) is 4.90 Å². The van der Waals surface area contributed by atoms with E-state index in [9.17, 15) is 0 Å². The Morgan fingerprint density at radius 3 is 1.82 bits per heavy atom. The molecule has 0 aliphatic heterocycles. The van der Waals surface area contributed by atoms with Crippen LogP contribution in [0.15, 0.2) is 22.8 Å². The third-order valence-electron chi connectivity index (χ3n) is 2.00. The quantitative estimate of drug-likeness (QED) is 0.576. The first-order valence-electron chi connectivity index (χ1n) is 5.50. The van der Waals surface area contributed by atoms with Crippen LogP contribution in [-0.2, 0) is 5.25 Å². The number of rotatable bonds is 7. The van der Waals surface area contributed by atoms with E-state index in [1.165, 1.54) is 0 Å². The van der Waals surface area contributed by atoms with E-state index < -0.39 is 0 Å². The van der Waals surface area contributed by atoms with Crippen molar-refractivity contribution in [3.8, 4) is 0 Å². The van der Waals surface area contributed by atoms with Crippen molar-refractivity contribution >= 4 is 16.5 Å². The van der Waals surface area contributed by atoms with Gasteiger partial charge in [-0.15, -0.1) is 0 Å². The zero-order valence-electron chi connectivity index (χ0n) is 9.88. The van der Waals surface area contributed by atoms with E-state index in [0.29, 0.717) is 19.6 Å². The minimum atomic E-state index is 0.0694. The average Bonchev–Trinajstić information content (AvgIpc) is 2.84. The number of aliphatic hydroxyl groups is 3. The van der Waals surface area contributed by atoms with Crippen molar-refractivity contribution in [2.45, 2.75) is 5.25 Å². The molecule has 17 heavy (non-hydrogen) atoms. The van der Waals surface area contributed by atoms with Crippen LogP contribution in [0.1, 0.15) is 5.76 Å². The first kappa shape index (κ1) is 16.7. The molecule has 0 fully saturated rings. The molecule has 1 aromatic heterocycles. The predicted octanol–water partition coefficient (Wildman–Crippen LogP) is -0.787. The molecule has 1 aromatic rings. The molecule has 3 N–H and O–H groups in total. The van der Waals surface area contributed by atoms with Gasteiger partial charge in [-0.2, -0.15) is 0 Å². The maximum absolute atomic E-state index is 8.48. The van der Waals surface area contributed by atoms with Crippen molar-refractivity contribution in [3.05, 3.63) is 24.2 Å². The fraction of sp³-hybridized carbons (Fsp3) is 0.636. The average molecular weight is 303 g/mol. The summed E-state index contributed by atoms with van der Waals surface area (Å²) in [5, 5.41) is 26.4. The molecular weight excluding hydrogens is 283 g/mol. The Kier molecular flexibility index (Phi) is 11.9. The Labute approximate surface area is 110 Å². The Bertz CT molecular complexity index is 229. The summed E-state index contributed by atoms with van der Waals surface area (Å²) in [6.45, 7) is 1.75. The zero-order valence-corrected chi connectivity index (χ0v) is 12.0. The van der Waals surface area contributed by atoms with Crippen LogP contribution in [-0.4, -0.2) is 76.2 Å². The molecule has 5 nitrogen and oxygen atoms in total. The third-order valence-corrected chi connectivity index (χ3v) is 2.73. The van der Waals surface area contributed by atoms with E-state index in [-0.39, 0.29) is 19.8 Å². The number of hydrogen-bond acceptors (Lipinski definition) is 5. The van der Waals surface area contributed by atoms with Gasteiger partial charge in [0, 0.05) is 19.6 Å². The summed E-state index contributed by atoms with van der Waals surface area (Å²) in [4.78, 5) is 1.79. The summed E-state index contributed by atoms with van der Waals surface area (Å²) < 4.78 is 4.98. The van der Waals surface area contributed by atoms with Crippen LogP contribution in [0, 0.1) is 0 Å². The van der Waals surface area contributed by atoms with Gasteiger partial charge < -0.3 is 15.3 Å². The van der Waals surface area contributed by atoms with Gasteiger partial charge in [-0.25, -0.2) is 0 Å². The molecule has 97 valence electrons. The third kappa shape index (κ3) is 9.37. The van der Waals surface area contributed by atoms with Crippen molar-refractivity contribution in [1.82, 2.24) is 4.90 Å². The standard InChI is InChI=1S/C6H15NO3.C5H5GeO/c8-4-1-7(2-5-9)3-6-10;6-4-5-2-1-3-7-5/h8-10H,1-6H2;1-3H,4H2. The van der Waals surface area contributed by atoms with Crippen molar-refractivity contribution in [2.24, 2.45) is 0 Å². The summed E-state index contributed by atoms with van der Waals surface area (Å²) in [7, 11) is 0. The van der Waals surface area contributed by atoms with Gasteiger partial charge in [0.25, 0.3) is 0 Å². The molecule has 0 aromatic carbocycles. The Balaban J connectivity index is 0.000000318. The van der Waals surface area contributed by atoms with Gasteiger partial charge in [0.2, 0.25) is 0 Å². The Morgan fingerprint density at radius 2 is 1.59 bits per heavy atom. The van der Waals surface area contributed by atoms with Crippen LogP contribution in [0.3, 0.4) is 0 Å². The predicted molar refractivity (Wildman–Crippen MR) is 65.9 cm³/mol. The Hall–Kier alpha value is -0.337. The molecule has 0 spiro atoms. The second-order valence-corrected chi connectivity index (χ2v) is 4.01. The van der Waals surface area contributed by atoms with E-state index in [0.717, 1.165) is 11.0 Å². The number of nitrogens with zero attached hydrogens (tertiary/aromatic N) is 1. The number of hydrogen-bond donors (Lipinski definition) is 3. The molecule has 0 saturated carbocycles. The van der Waals surface area contributed by atoms with Gasteiger partial charge in [-0.05, 0) is 0 Å². The van der Waals surface area contributed by atoms with E-state index in [4.69, 9.17) is 19.7 Å². The van der Waals surface area contributed by atoms with Crippen molar-refractivity contribution in [3.63, 3.8) is 0 Å². The van der Waals surface area contributed by atoms with E-state index in [2.05, 4.69) is 16.5 Å². The van der Waals surface area contributed by atoms with E-state index in [1.54, 1.807) is 11.2 Å². The summed E-state index contributed by atoms with van der Waals surface area (Å²) in [6.07, 6.45) is 1.69. The SMILES string of the molecule is OCCN(CCO)CCO.[Ge][CH2]c1ccco1. The van der Waals surface area contributed by atoms with Gasteiger partial charge in [0.05, 0.1) is 19.8 Å². The summed E-state index contributed by atoms with van der Waals surface area (Å²) in [6, 6.07) is 3.87. The fourth-order valence-electron chi connectivity index (χ4n) is 1.17. The van der Waals surface area contributed by atoms with Crippen LogP contribution in [0.2, 0.25) is 0 Å². The number of furan rings is 1. The van der Waals surface area contributed by atoms with Gasteiger partial charge in [0.1, 0.15) is 0 Å². The first-order valence-corrected chi connectivity index (χ1v) is 6.98. The summed E-state index contributed by atoms with van der Waals surface area (Å²) >= 11 is 2.07. The second-order valence-electron chi connectivity index (χ2n) is 3.27. The van der Waals surface area contributed by atoms with Crippen LogP contribution >= 0.6 is 0 Å². The normalized spacial score (nSPS) is 10.2. The van der Waals surface area contributed by atoms with Crippen LogP contribution in [0.4, 0.5) is 0 Å². The molecule has 0 aliphatic carbocycles. The molecule has 0 aliphatic rings. The molecule has 1 heterocycles. The molecule has 0 unspecified atom stereocenters. The first-order chi connectivity index (χ1) is 8.28.